The minimum atomic E-state index is -0.289. The molecule has 1 aliphatic heterocycles. The van der Waals surface area contributed by atoms with Crippen molar-refractivity contribution in [3.8, 4) is 17.1 Å². The molecule has 2 aromatic carbocycles. The highest BCUT2D eigenvalue weighted by molar-refractivity contribution is 5.61. The Morgan fingerprint density at radius 3 is 2.75 bits per heavy atom. The minimum Gasteiger partial charge on any atom is -0.489 e. The fraction of sp³-hybridized carbons (Fsp3) is 0.286. The fourth-order valence-corrected chi connectivity index (χ4v) is 3.32. The van der Waals surface area contributed by atoms with Crippen LogP contribution in [0.2, 0.25) is 0 Å². The summed E-state index contributed by atoms with van der Waals surface area (Å²) in [4.78, 5) is 15.5. The van der Waals surface area contributed by atoms with Crippen LogP contribution in [0.15, 0.2) is 54.9 Å². The van der Waals surface area contributed by atoms with Crippen molar-refractivity contribution in [3.05, 3.63) is 66.2 Å². The number of aromatic nitrogens is 3. The third kappa shape index (κ3) is 4.26. The lowest BCUT2D eigenvalue weighted by Crippen LogP contribution is -2.43. The maximum atomic E-state index is 13.1. The van der Waals surface area contributed by atoms with Crippen molar-refractivity contribution in [2.24, 2.45) is 5.73 Å². The summed E-state index contributed by atoms with van der Waals surface area (Å²) in [5.41, 5.74) is 7.91. The van der Waals surface area contributed by atoms with Gasteiger partial charge in [-0.1, -0.05) is 24.3 Å². The fourth-order valence-electron chi connectivity index (χ4n) is 3.32. The van der Waals surface area contributed by atoms with Gasteiger partial charge in [-0.3, -0.25) is 0 Å². The molecule has 0 radical (unpaired) electrons. The number of rotatable bonds is 5. The van der Waals surface area contributed by atoms with E-state index in [0.29, 0.717) is 24.1 Å². The summed E-state index contributed by atoms with van der Waals surface area (Å²) in [5, 5.41) is 0. The predicted octanol–water partition coefficient (Wildman–Crippen LogP) is 3.18. The van der Waals surface area contributed by atoms with Crippen LogP contribution in [0.4, 0.5) is 10.3 Å². The third-order valence-electron chi connectivity index (χ3n) is 4.77. The van der Waals surface area contributed by atoms with Gasteiger partial charge in [0, 0.05) is 30.3 Å². The SMILES string of the molecule is NC1CCCN(c2ncnc(-c3ccccc3COc3ccc(F)cc3)n2)C1. The van der Waals surface area contributed by atoms with E-state index >= 15 is 0 Å². The standard InChI is InChI=1S/C21H22FN5O/c22-16-7-9-18(10-8-16)28-13-15-4-1-2-6-19(15)20-24-14-25-21(26-20)27-11-3-5-17(23)12-27/h1-2,4,6-10,14,17H,3,5,11-13,23H2. The minimum absolute atomic E-state index is 0.144. The number of halogens is 1. The molecule has 1 saturated heterocycles. The van der Waals surface area contributed by atoms with Crippen LogP contribution in [0.5, 0.6) is 5.75 Å². The molecule has 1 aliphatic rings. The summed E-state index contributed by atoms with van der Waals surface area (Å²) in [6.45, 7) is 1.97. The van der Waals surface area contributed by atoms with Crippen molar-refractivity contribution in [2.75, 3.05) is 18.0 Å². The van der Waals surface area contributed by atoms with Crippen LogP contribution in [-0.4, -0.2) is 34.1 Å². The predicted molar refractivity (Wildman–Crippen MR) is 105 cm³/mol. The lowest BCUT2D eigenvalue weighted by atomic mass is 10.1. The second-order valence-electron chi connectivity index (χ2n) is 6.86. The smallest absolute Gasteiger partial charge is 0.228 e. The Bertz CT molecular complexity index is 934. The van der Waals surface area contributed by atoms with Gasteiger partial charge in [-0.05, 0) is 37.1 Å². The normalized spacial score (nSPS) is 16.8. The second-order valence-corrected chi connectivity index (χ2v) is 6.86. The molecule has 144 valence electrons. The van der Waals surface area contributed by atoms with Gasteiger partial charge in [0.25, 0.3) is 0 Å². The van der Waals surface area contributed by atoms with Crippen molar-refractivity contribution in [3.63, 3.8) is 0 Å². The van der Waals surface area contributed by atoms with E-state index in [2.05, 4.69) is 19.9 Å². The number of hydrogen-bond donors (Lipinski definition) is 1. The average Bonchev–Trinajstić information content (AvgIpc) is 2.74. The van der Waals surface area contributed by atoms with Crippen molar-refractivity contribution < 1.29 is 9.13 Å². The van der Waals surface area contributed by atoms with Gasteiger partial charge in [-0.25, -0.2) is 14.4 Å². The van der Waals surface area contributed by atoms with Gasteiger partial charge in [-0.15, -0.1) is 0 Å². The molecule has 6 nitrogen and oxygen atoms in total. The number of ether oxygens (including phenoxy) is 1. The van der Waals surface area contributed by atoms with Crippen molar-refractivity contribution in [2.45, 2.75) is 25.5 Å². The Morgan fingerprint density at radius 2 is 1.93 bits per heavy atom. The largest absolute Gasteiger partial charge is 0.489 e. The molecule has 1 atom stereocenters. The van der Waals surface area contributed by atoms with E-state index in [-0.39, 0.29) is 11.9 Å². The Balaban J connectivity index is 1.56. The van der Waals surface area contributed by atoms with E-state index < -0.39 is 0 Å². The highest BCUT2D eigenvalue weighted by atomic mass is 19.1. The van der Waals surface area contributed by atoms with Crippen LogP contribution < -0.4 is 15.4 Å². The van der Waals surface area contributed by atoms with Crippen molar-refractivity contribution >= 4 is 5.95 Å². The van der Waals surface area contributed by atoms with Crippen LogP contribution in [0, 0.1) is 5.82 Å². The van der Waals surface area contributed by atoms with Crippen molar-refractivity contribution in [1.82, 2.24) is 15.0 Å². The van der Waals surface area contributed by atoms with E-state index in [1.165, 1.54) is 18.5 Å². The number of piperidine rings is 1. The maximum Gasteiger partial charge on any atom is 0.228 e. The molecule has 4 rings (SSSR count). The van der Waals surface area contributed by atoms with Crippen molar-refractivity contribution in [1.29, 1.82) is 0 Å². The highest BCUT2D eigenvalue weighted by Gasteiger charge is 2.20. The molecule has 1 unspecified atom stereocenters. The molecule has 0 amide bonds. The van der Waals surface area contributed by atoms with Gasteiger partial charge < -0.3 is 15.4 Å². The first-order chi connectivity index (χ1) is 13.7. The van der Waals surface area contributed by atoms with E-state index in [1.54, 1.807) is 12.1 Å². The van der Waals surface area contributed by atoms with Gasteiger partial charge in [0.15, 0.2) is 5.82 Å². The molecule has 2 heterocycles. The summed E-state index contributed by atoms with van der Waals surface area (Å²) in [6.07, 6.45) is 3.59. The summed E-state index contributed by atoms with van der Waals surface area (Å²) in [6, 6.07) is 13.9. The molecule has 0 spiro atoms. The Morgan fingerprint density at radius 1 is 1.11 bits per heavy atom. The lowest BCUT2D eigenvalue weighted by Gasteiger charge is -2.30. The summed E-state index contributed by atoms with van der Waals surface area (Å²) >= 11 is 0. The molecule has 0 saturated carbocycles. The van der Waals surface area contributed by atoms with Gasteiger partial charge in [-0.2, -0.15) is 4.98 Å². The third-order valence-corrected chi connectivity index (χ3v) is 4.77. The Hall–Kier alpha value is -3.06. The van der Waals surface area contributed by atoms with Crippen LogP contribution >= 0.6 is 0 Å². The quantitative estimate of drug-likeness (QED) is 0.734. The first kappa shape index (κ1) is 18.3. The van der Waals surface area contributed by atoms with Gasteiger partial charge in [0.2, 0.25) is 5.95 Å². The lowest BCUT2D eigenvalue weighted by molar-refractivity contribution is 0.306. The van der Waals surface area contributed by atoms with Gasteiger partial charge in [0.1, 0.15) is 24.5 Å². The summed E-state index contributed by atoms with van der Waals surface area (Å²) in [7, 11) is 0. The van der Waals surface area contributed by atoms with Gasteiger partial charge in [0.05, 0.1) is 0 Å². The molecule has 1 fully saturated rings. The summed E-state index contributed by atoms with van der Waals surface area (Å²) < 4.78 is 18.9. The molecule has 28 heavy (non-hydrogen) atoms. The molecule has 3 aromatic rings. The maximum absolute atomic E-state index is 13.1. The monoisotopic (exact) mass is 379 g/mol. The zero-order valence-corrected chi connectivity index (χ0v) is 15.5. The number of nitrogens with zero attached hydrogens (tertiary/aromatic N) is 4. The zero-order chi connectivity index (χ0) is 19.3. The van der Waals surface area contributed by atoms with E-state index in [0.717, 1.165) is 37.1 Å². The average molecular weight is 379 g/mol. The topological polar surface area (TPSA) is 77.2 Å². The van der Waals surface area contributed by atoms with Crippen LogP contribution in [0.3, 0.4) is 0 Å². The molecule has 0 aliphatic carbocycles. The van der Waals surface area contributed by atoms with E-state index in [1.807, 2.05) is 24.3 Å². The first-order valence-corrected chi connectivity index (χ1v) is 9.35. The Kier molecular flexibility index (Phi) is 5.43. The Labute approximate surface area is 163 Å². The highest BCUT2D eigenvalue weighted by Crippen LogP contribution is 2.24. The summed E-state index contributed by atoms with van der Waals surface area (Å²) in [5.74, 6) is 1.56. The van der Waals surface area contributed by atoms with Crippen LogP contribution in [-0.2, 0) is 6.61 Å². The molecule has 0 bridgehead atoms. The number of nitrogens with two attached hydrogens (primary N) is 1. The van der Waals surface area contributed by atoms with Crippen LogP contribution in [0.1, 0.15) is 18.4 Å². The number of hydrogen-bond acceptors (Lipinski definition) is 6. The second kappa shape index (κ2) is 8.31. The molecule has 1 aromatic heterocycles. The van der Waals surface area contributed by atoms with Gasteiger partial charge >= 0.3 is 0 Å². The van der Waals surface area contributed by atoms with E-state index in [4.69, 9.17) is 10.5 Å². The zero-order valence-electron chi connectivity index (χ0n) is 15.5. The number of anilines is 1. The molecular formula is C21H22FN5O. The molecular weight excluding hydrogens is 357 g/mol. The molecule has 7 heteroatoms. The molecule has 2 N–H and O–H groups in total. The first-order valence-electron chi connectivity index (χ1n) is 9.35. The number of benzene rings is 2. The van der Waals surface area contributed by atoms with E-state index in [9.17, 15) is 4.39 Å². The van der Waals surface area contributed by atoms with Crippen LogP contribution in [0.25, 0.3) is 11.4 Å².